The van der Waals surface area contributed by atoms with Crippen LogP contribution in [0.1, 0.15) is 47.5 Å². The van der Waals surface area contributed by atoms with E-state index >= 15 is 0 Å². The van der Waals surface area contributed by atoms with Gasteiger partial charge in [0.2, 0.25) is 0 Å². The Morgan fingerprint density at radius 2 is 1.29 bits per heavy atom. The van der Waals surface area contributed by atoms with Crippen LogP contribution in [0.15, 0.2) is 123 Å². The van der Waals surface area contributed by atoms with Crippen molar-refractivity contribution in [2.45, 2.75) is 68.5 Å². The van der Waals surface area contributed by atoms with Gasteiger partial charge in [-0.2, -0.15) is 0 Å². The third-order valence-corrected chi connectivity index (χ3v) is 11.8. The lowest BCUT2D eigenvalue weighted by atomic mass is 9.53. The highest BCUT2D eigenvalue weighted by molar-refractivity contribution is 8.37. The average molecular weight is 467 g/mol. The van der Waals surface area contributed by atoms with E-state index in [0.717, 1.165) is 20.1 Å². The molecule has 0 spiro atoms. The summed E-state index contributed by atoms with van der Waals surface area (Å²) in [5.41, 5.74) is 2.00. The highest BCUT2D eigenvalue weighted by atomic mass is 32.3. The van der Waals surface area contributed by atoms with Gasteiger partial charge in [0.1, 0.15) is 0 Å². The molecule has 1 aliphatic carbocycles. The van der Waals surface area contributed by atoms with Crippen molar-refractivity contribution in [3.8, 4) is 0 Å². The van der Waals surface area contributed by atoms with E-state index in [4.69, 9.17) is 0 Å². The van der Waals surface area contributed by atoms with Gasteiger partial charge in [-0.3, -0.25) is 0 Å². The molecule has 3 aromatic rings. The van der Waals surface area contributed by atoms with Crippen molar-refractivity contribution in [2.24, 2.45) is 10.8 Å². The fourth-order valence-electron chi connectivity index (χ4n) is 4.61. The Balaban J connectivity index is 1.88. The first-order valence-electron chi connectivity index (χ1n) is 12.6. The van der Waals surface area contributed by atoms with Crippen LogP contribution in [0, 0.1) is 10.8 Å². The maximum atomic E-state index is 2.51. The minimum atomic E-state index is -1.56. The Morgan fingerprint density at radius 1 is 0.706 bits per heavy atom. The first-order valence-corrected chi connectivity index (χ1v) is 14.3. The number of hydrogen-bond donors (Lipinski definition) is 0. The van der Waals surface area contributed by atoms with Gasteiger partial charge in [0, 0.05) is 14.7 Å². The molecule has 0 heterocycles. The standard InChI is InChI=1S/C32H39BS/c1-31(2,3)32(4,5)25-33-26-16-15-23-30(24-26)34(27-17-9-6-10-18-27,28-19-11-7-12-20-28)29-21-13-8-14-22-29/h6-7,9-13,15-24,33H,8,14,25H2,1-5H3. The Kier molecular flexibility index (Phi) is 7.29. The van der Waals surface area contributed by atoms with Crippen LogP contribution in [-0.4, -0.2) is 7.28 Å². The Morgan fingerprint density at radius 3 is 1.82 bits per heavy atom. The molecule has 0 saturated carbocycles. The summed E-state index contributed by atoms with van der Waals surface area (Å²) in [6, 6.07) is 31.9. The van der Waals surface area contributed by atoms with Crippen LogP contribution in [0.25, 0.3) is 0 Å². The lowest BCUT2D eigenvalue weighted by Gasteiger charge is -2.43. The van der Waals surface area contributed by atoms with E-state index in [-0.39, 0.29) is 10.8 Å². The molecule has 0 atom stereocenters. The zero-order valence-corrected chi connectivity index (χ0v) is 22.4. The van der Waals surface area contributed by atoms with E-state index in [0.29, 0.717) is 0 Å². The second kappa shape index (κ2) is 10.0. The molecule has 176 valence electrons. The summed E-state index contributed by atoms with van der Waals surface area (Å²) in [6.07, 6.45) is 10.7. The monoisotopic (exact) mass is 466 g/mol. The molecule has 1 aliphatic rings. The highest BCUT2D eigenvalue weighted by Crippen LogP contribution is 2.73. The fraction of sp³-hybridized carbons (Fsp3) is 0.312. The van der Waals surface area contributed by atoms with Crippen LogP contribution in [0.3, 0.4) is 0 Å². The molecule has 0 aliphatic heterocycles. The second-order valence-electron chi connectivity index (χ2n) is 11.1. The molecule has 0 fully saturated rings. The lowest BCUT2D eigenvalue weighted by molar-refractivity contribution is 0.157. The third-order valence-electron chi connectivity index (χ3n) is 7.83. The number of allylic oxidation sites excluding steroid dienone is 3. The molecule has 0 nitrogen and oxygen atoms in total. The maximum Gasteiger partial charge on any atom is 0.158 e. The zero-order chi connectivity index (χ0) is 24.2. The van der Waals surface area contributed by atoms with Gasteiger partial charge in [-0.05, 0) is 58.9 Å². The average Bonchev–Trinajstić information content (AvgIpc) is 2.85. The summed E-state index contributed by atoms with van der Waals surface area (Å²) >= 11 is 0. The van der Waals surface area contributed by atoms with Crippen LogP contribution in [0.2, 0.25) is 6.32 Å². The minimum Gasteiger partial charge on any atom is -0.133 e. The SMILES string of the molecule is CC(C)(C)C(C)(C)CBc1cccc(S(C2=CCCC=C2)(c2ccccc2)c2ccccc2)c1. The van der Waals surface area contributed by atoms with E-state index in [2.05, 4.69) is 138 Å². The van der Waals surface area contributed by atoms with Crippen molar-refractivity contribution in [1.29, 1.82) is 0 Å². The van der Waals surface area contributed by atoms with Gasteiger partial charge in [-0.1, -0.05) is 119 Å². The van der Waals surface area contributed by atoms with Crippen molar-refractivity contribution in [3.05, 3.63) is 108 Å². The van der Waals surface area contributed by atoms with Crippen molar-refractivity contribution in [3.63, 3.8) is 0 Å². The molecule has 2 heteroatoms. The molecular formula is C32H39BS. The van der Waals surface area contributed by atoms with Gasteiger partial charge in [0.25, 0.3) is 0 Å². The van der Waals surface area contributed by atoms with Crippen molar-refractivity contribution >= 4 is 22.8 Å². The summed E-state index contributed by atoms with van der Waals surface area (Å²) in [5, 5.41) is 0. The summed E-state index contributed by atoms with van der Waals surface area (Å²) in [7, 11) is -0.461. The molecule has 0 aromatic heterocycles. The minimum absolute atomic E-state index is 0.278. The zero-order valence-electron chi connectivity index (χ0n) is 21.6. The molecular weight excluding hydrogens is 427 g/mol. The van der Waals surface area contributed by atoms with Crippen molar-refractivity contribution in [1.82, 2.24) is 0 Å². The van der Waals surface area contributed by atoms with Gasteiger partial charge in [-0.25, -0.2) is 0 Å². The highest BCUT2D eigenvalue weighted by Gasteiger charge is 2.35. The van der Waals surface area contributed by atoms with Gasteiger partial charge in [0.05, 0.1) is 0 Å². The maximum absolute atomic E-state index is 2.51. The second-order valence-corrected chi connectivity index (χ2v) is 14.2. The molecule has 0 amide bonds. The van der Waals surface area contributed by atoms with Crippen LogP contribution >= 0.6 is 10.0 Å². The Labute approximate surface area is 209 Å². The lowest BCUT2D eigenvalue weighted by Crippen LogP contribution is -2.33. The molecule has 4 rings (SSSR count). The molecule has 0 bridgehead atoms. The molecule has 0 unspecified atom stereocenters. The number of benzene rings is 3. The van der Waals surface area contributed by atoms with Crippen LogP contribution in [0.5, 0.6) is 0 Å². The van der Waals surface area contributed by atoms with E-state index in [1.165, 1.54) is 31.4 Å². The Bertz CT molecular complexity index is 1110. The van der Waals surface area contributed by atoms with E-state index < -0.39 is 10.0 Å². The van der Waals surface area contributed by atoms with E-state index in [1.54, 1.807) is 0 Å². The summed E-state index contributed by atoms with van der Waals surface area (Å²) in [6.45, 7) is 11.9. The van der Waals surface area contributed by atoms with Gasteiger partial charge >= 0.3 is 0 Å². The van der Waals surface area contributed by atoms with Crippen LogP contribution < -0.4 is 5.46 Å². The largest absolute Gasteiger partial charge is 0.158 e. The summed E-state index contributed by atoms with van der Waals surface area (Å²) in [4.78, 5) is 5.72. The van der Waals surface area contributed by atoms with Crippen molar-refractivity contribution < 1.29 is 0 Å². The normalized spacial score (nSPS) is 15.0. The number of hydrogen-bond acceptors (Lipinski definition) is 0. The number of rotatable bonds is 7. The van der Waals surface area contributed by atoms with Gasteiger partial charge in [-0.15, -0.1) is 10.0 Å². The first-order chi connectivity index (χ1) is 16.2. The van der Waals surface area contributed by atoms with Crippen LogP contribution in [0.4, 0.5) is 0 Å². The molecule has 0 saturated heterocycles. The fourth-order valence-corrected chi connectivity index (χ4v) is 8.65. The molecule has 0 radical (unpaired) electrons. The molecule has 3 aromatic carbocycles. The van der Waals surface area contributed by atoms with Crippen molar-refractivity contribution in [2.75, 3.05) is 0 Å². The van der Waals surface area contributed by atoms with E-state index in [9.17, 15) is 0 Å². The summed E-state index contributed by atoms with van der Waals surface area (Å²) in [5.74, 6) is 0. The van der Waals surface area contributed by atoms with Gasteiger partial charge < -0.3 is 0 Å². The quantitative estimate of drug-likeness (QED) is 0.305. The predicted molar refractivity (Wildman–Crippen MR) is 153 cm³/mol. The third kappa shape index (κ3) is 4.84. The summed E-state index contributed by atoms with van der Waals surface area (Å²) < 4.78 is 0. The van der Waals surface area contributed by atoms with Crippen LogP contribution in [-0.2, 0) is 0 Å². The topological polar surface area (TPSA) is 0 Å². The Hall–Kier alpha value is -2.45. The molecule has 0 N–H and O–H groups in total. The smallest absolute Gasteiger partial charge is 0.133 e. The predicted octanol–water partition coefficient (Wildman–Crippen LogP) is 8.75. The van der Waals surface area contributed by atoms with Gasteiger partial charge in [0.15, 0.2) is 7.28 Å². The molecule has 34 heavy (non-hydrogen) atoms. The van der Waals surface area contributed by atoms with E-state index in [1.807, 2.05) is 0 Å². The first kappa shape index (κ1) is 24.7.